The molecule has 0 aromatic heterocycles. The Balaban J connectivity index is 2.66. The lowest BCUT2D eigenvalue weighted by Crippen LogP contribution is -2.64. The van der Waals surface area contributed by atoms with Gasteiger partial charge >= 0.3 is 24.2 Å². The minimum Gasteiger partial charge on any atom is -0.479 e. The first kappa shape index (κ1) is 32.7. The van der Waals surface area contributed by atoms with E-state index in [-0.39, 0.29) is 25.0 Å². The van der Waals surface area contributed by atoms with Crippen LogP contribution < -0.4 is 0 Å². The van der Waals surface area contributed by atoms with Gasteiger partial charge in [0.25, 0.3) is 0 Å². The number of carbonyl (C=O) groups is 3. The van der Waals surface area contributed by atoms with Crippen molar-refractivity contribution in [3.05, 3.63) is 71.3 Å². The van der Waals surface area contributed by atoms with Crippen molar-refractivity contribution in [2.24, 2.45) is 11.3 Å². The third kappa shape index (κ3) is 8.72. The van der Waals surface area contributed by atoms with Crippen LogP contribution in [0.15, 0.2) is 54.6 Å². The number of ether oxygens (including phenoxy) is 2. The number of carboxylic acids is 1. The smallest absolute Gasteiger partial charge is 0.416 e. The molecule has 2 aromatic rings. The Morgan fingerprint density at radius 2 is 1.43 bits per heavy atom. The van der Waals surface area contributed by atoms with E-state index in [1.165, 1.54) is 19.2 Å². The maximum atomic E-state index is 13.8. The second kappa shape index (κ2) is 12.3. The summed E-state index contributed by atoms with van der Waals surface area (Å²) in [4.78, 5) is 41.1. The Hall–Kier alpha value is -3.56. The Bertz CT molecular complexity index is 1170. The lowest BCUT2D eigenvalue weighted by molar-refractivity contribution is -0.170. The van der Waals surface area contributed by atoms with E-state index in [9.17, 15) is 32.7 Å². The van der Waals surface area contributed by atoms with Crippen molar-refractivity contribution >= 4 is 18.0 Å². The van der Waals surface area contributed by atoms with Crippen LogP contribution >= 0.6 is 0 Å². The minimum absolute atomic E-state index is 0.162. The molecule has 0 saturated carbocycles. The fraction of sp³-hybridized carbons (Fsp3) is 0.500. The molecule has 0 saturated heterocycles. The number of carboxylic acid groups (broad SMARTS) is 1. The van der Waals surface area contributed by atoms with E-state index in [1.54, 1.807) is 71.9 Å². The quantitative estimate of drug-likeness (QED) is 0.339. The zero-order chi connectivity index (χ0) is 30.5. The van der Waals surface area contributed by atoms with Crippen LogP contribution in [-0.4, -0.2) is 46.2 Å². The molecule has 40 heavy (non-hydrogen) atoms. The summed E-state index contributed by atoms with van der Waals surface area (Å²) in [5.74, 6) is -3.88. The third-order valence-corrected chi connectivity index (χ3v) is 6.24. The van der Waals surface area contributed by atoms with Gasteiger partial charge in [-0.1, -0.05) is 63.2 Å². The lowest BCUT2D eigenvalue weighted by atomic mass is 9.69. The third-order valence-electron chi connectivity index (χ3n) is 6.24. The molecule has 0 aliphatic carbocycles. The molecule has 0 spiro atoms. The molecule has 2 atom stereocenters. The molecule has 0 bridgehead atoms. The number of amides is 1. The van der Waals surface area contributed by atoms with Crippen LogP contribution in [0.2, 0.25) is 0 Å². The van der Waals surface area contributed by atoms with Crippen molar-refractivity contribution in [2.75, 3.05) is 7.05 Å². The van der Waals surface area contributed by atoms with Gasteiger partial charge in [-0.2, -0.15) is 13.2 Å². The number of nitrogens with zero attached hydrogens (tertiary/aromatic N) is 1. The van der Waals surface area contributed by atoms with Gasteiger partial charge in [0.2, 0.25) is 0 Å². The van der Waals surface area contributed by atoms with E-state index in [2.05, 4.69) is 0 Å². The Morgan fingerprint density at radius 1 is 0.875 bits per heavy atom. The lowest BCUT2D eigenvalue weighted by Gasteiger charge is -2.45. The van der Waals surface area contributed by atoms with Crippen molar-refractivity contribution in [3.63, 3.8) is 0 Å². The second-order valence-corrected chi connectivity index (χ2v) is 12.1. The largest absolute Gasteiger partial charge is 0.479 e. The maximum absolute atomic E-state index is 13.8. The van der Waals surface area contributed by atoms with Crippen LogP contribution in [0.3, 0.4) is 0 Å². The van der Waals surface area contributed by atoms with E-state index in [4.69, 9.17) is 9.47 Å². The van der Waals surface area contributed by atoms with Crippen molar-refractivity contribution < 1.29 is 42.1 Å². The number of alkyl halides is 3. The topological polar surface area (TPSA) is 93.1 Å². The SMILES string of the molecule is CN(C(=O)OC(C)(C)C)[C@](CC(C)(C)C)(C(=O)O)[C@@H](Cc1ccc(C(F)(F)F)cc1)C(=O)OCc1ccccc1. The molecule has 220 valence electrons. The van der Waals surface area contributed by atoms with Gasteiger partial charge in [-0.15, -0.1) is 0 Å². The molecule has 1 amide bonds. The van der Waals surface area contributed by atoms with Crippen LogP contribution in [-0.2, 0) is 38.3 Å². The van der Waals surface area contributed by atoms with Gasteiger partial charge in [0.1, 0.15) is 12.2 Å². The zero-order valence-electron chi connectivity index (χ0n) is 24.0. The molecule has 10 heteroatoms. The molecule has 0 radical (unpaired) electrons. The molecule has 0 heterocycles. The summed E-state index contributed by atoms with van der Waals surface area (Å²) >= 11 is 0. The van der Waals surface area contributed by atoms with Gasteiger partial charge in [0, 0.05) is 7.05 Å². The number of hydrogen-bond acceptors (Lipinski definition) is 5. The van der Waals surface area contributed by atoms with Crippen LogP contribution in [0.1, 0.15) is 64.7 Å². The van der Waals surface area contributed by atoms with E-state index < -0.39 is 52.2 Å². The molecule has 0 aliphatic rings. The summed E-state index contributed by atoms with van der Waals surface area (Å²) in [7, 11) is 1.25. The summed E-state index contributed by atoms with van der Waals surface area (Å²) < 4.78 is 50.6. The number of likely N-dealkylation sites (N-methyl/N-ethyl adjacent to an activating group) is 1. The number of benzene rings is 2. The first-order valence-corrected chi connectivity index (χ1v) is 12.8. The van der Waals surface area contributed by atoms with Gasteiger partial charge in [-0.3, -0.25) is 9.69 Å². The highest BCUT2D eigenvalue weighted by Gasteiger charge is 2.57. The normalized spacial score (nSPS) is 14.6. The van der Waals surface area contributed by atoms with Crippen LogP contribution in [0.25, 0.3) is 0 Å². The zero-order valence-corrected chi connectivity index (χ0v) is 24.0. The highest BCUT2D eigenvalue weighted by atomic mass is 19.4. The van der Waals surface area contributed by atoms with Crippen molar-refractivity contribution in [1.29, 1.82) is 0 Å². The van der Waals surface area contributed by atoms with Gasteiger partial charge < -0.3 is 14.6 Å². The molecule has 0 unspecified atom stereocenters. The summed E-state index contributed by atoms with van der Waals surface area (Å²) in [6.45, 7) is 10.00. The van der Waals surface area contributed by atoms with E-state index >= 15 is 0 Å². The van der Waals surface area contributed by atoms with Gasteiger partial charge in [0.05, 0.1) is 11.5 Å². The highest BCUT2D eigenvalue weighted by molar-refractivity contribution is 5.91. The number of aliphatic carboxylic acids is 1. The predicted molar refractivity (Wildman–Crippen MR) is 143 cm³/mol. The molecule has 2 rings (SSSR count). The average Bonchev–Trinajstić information content (AvgIpc) is 2.82. The Morgan fingerprint density at radius 3 is 1.88 bits per heavy atom. The van der Waals surface area contributed by atoms with Crippen LogP contribution in [0.4, 0.5) is 18.0 Å². The van der Waals surface area contributed by atoms with Crippen LogP contribution in [0.5, 0.6) is 0 Å². The molecule has 0 aliphatic heterocycles. The predicted octanol–water partition coefficient (Wildman–Crippen LogP) is 6.73. The molecular formula is C30H38F3NO6. The standard InChI is InChI=1S/C30H38F3NO6/c1-27(2,3)19-29(25(36)37,34(7)26(38)40-28(4,5)6)23(24(35)39-18-21-11-9-8-10-12-21)17-20-13-15-22(16-14-20)30(31,32)33/h8-16,23H,17-19H2,1-7H3,(H,36,37)/t23-,29-/m0/s1. The van der Waals surface area contributed by atoms with Gasteiger partial charge in [-0.25, -0.2) is 9.59 Å². The fourth-order valence-electron chi connectivity index (χ4n) is 4.49. The average molecular weight is 566 g/mol. The Kier molecular flexibility index (Phi) is 10.0. The summed E-state index contributed by atoms with van der Waals surface area (Å²) in [5, 5.41) is 10.7. The van der Waals surface area contributed by atoms with E-state index in [1.807, 2.05) is 0 Å². The summed E-state index contributed by atoms with van der Waals surface area (Å²) in [6, 6.07) is 12.9. The van der Waals surface area contributed by atoms with Crippen molar-refractivity contribution in [1.82, 2.24) is 4.90 Å². The maximum Gasteiger partial charge on any atom is 0.416 e. The van der Waals surface area contributed by atoms with Gasteiger partial charge in [0.15, 0.2) is 5.54 Å². The number of halogens is 3. The van der Waals surface area contributed by atoms with Crippen molar-refractivity contribution in [2.45, 2.75) is 78.3 Å². The second-order valence-electron chi connectivity index (χ2n) is 12.1. The molecule has 0 fully saturated rings. The molecule has 1 N–H and O–H groups in total. The van der Waals surface area contributed by atoms with E-state index in [0.717, 1.165) is 17.0 Å². The molecule has 7 nitrogen and oxygen atoms in total. The first-order valence-electron chi connectivity index (χ1n) is 12.8. The van der Waals surface area contributed by atoms with Gasteiger partial charge in [-0.05, 0) is 62.3 Å². The highest BCUT2D eigenvalue weighted by Crippen LogP contribution is 2.40. The Labute approximate surface area is 233 Å². The van der Waals surface area contributed by atoms with Crippen molar-refractivity contribution in [3.8, 4) is 0 Å². The monoisotopic (exact) mass is 565 g/mol. The number of esters is 1. The summed E-state index contributed by atoms with van der Waals surface area (Å²) in [6.07, 6.45) is -6.02. The number of hydrogen-bond donors (Lipinski definition) is 1. The fourth-order valence-corrected chi connectivity index (χ4v) is 4.49. The molecular weight excluding hydrogens is 527 g/mol. The first-order chi connectivity index (χ1) is 18.3. The minimum atomic E-state index is -4.57. The number of rotatable bonds is 9. The molecule has 2 aromatic carbocycles. The summed E-state index contributed by atoms with van der Waals surface area (Å²) in [5.41, 5.74) is -3.81. The number of carbonyl (C=O) groups excluding carboxylic acids is 2. The van der Waals surface area contributed by atoms with E-state index in [0.29, 0.717) is 5.56 Å². The van der Waals surface area contributed by atoms with Crippen LogP contribution in [0, 0.1) is 11.3 Å².